The summed E-state index contributed by atoms with van der Waals surface area (Å²) in [5.74, 6) is 2.92. The molecule has 1 aromatic rings. The van der Waals surface area contributed by atoms with Crippen LogP contribution in [0.25, 0.3) is 0 Å². The molecule has 0 atom stereocenters. The summed E-state index contributed by atoms with van der Waals surface area (Å²) in [6.07, 6.45) is 1.78. The highest BCUT2D eigenvalue weighted by molar-refractivity contribution is 14.0. The van der Waals surface area contributed by atoms with E-state index in [9.17, 15) is 0 Å². The first-order valence-corrected chi connectivity index (χ1v) is 6.54. The van der Waals surface area contributed by atoms with Crippen LogP contribution in [0.5, 0.6) is 0 Å². The molecule has 1 aliphatic rings. The first-order chi connectivity index (χ1) is 7.86. The van der Waals surface area contributed by atoms with Gasteiger partial charge < -0.3 is 10.6 Å². The molecule has 1 aliphatic heterocycles. The molecule has 1 fully saturated rings. The number of hydrogen-bond acceptors (Lipinski definition) is 3. The van der Waals surface area contributed by atoms with Crippen molar-refractivity contribution < 1.29 is 0 Å². The highest BCUT2D eigenvalue weighted by atomic mass is 127. The first kappa shape index (κ1) is 14.6. The molecule has 0 unspecified atom stereocenters. The molecule has 17 heavy (non-hydrogen) atoms. The number of guanidine groups is 1. The summed E-state index contributed by atoms with van der Waals surface area (Å²) >= 11 is 1.97. The van der Waals surface area contributed by atoms with Crippen molar-refractivity contribution in [2.75, 3.05) is 24.6 Å². The van der Waals surface area contributed by atoms with Crippen LogP contribution in [0.1, 0.15) is 5.69 Å². The number of pyridine rings is 1. The van der Waals surface area contributed by atoms with Gasteiger partial charge in [-0.1, -0.05) is 6.07 Å². The molecule has 2 rings (SSSR count). The Morgan fingerprint density at radius 3 is 2.82 bits per heavy atom. The Labute approximate surface area is 123 Å². The zero-order valence-electron chi connectivity index (χ0n) is 9.58. The summed E-state index contributed by atoms with van der Waals surface area (Å²) < 4.78 is 0. The Hall–Kier alpha value is -0.500. The second kappa shape index (κ2) is 7.75. The molecule has 2 N–H and O–H groups in total. The van der Waals surface area contributed by atoms with Crippen LogP contribution in [0.4, 0.5) is 0 Å². The van der Waals surface area contributed by atoms with Crippen LogP contribution >= 0.6 is 35.7 Å². The molecule has 0 radical (unpaired) electrons. The molecular weight excluding hydrogens is 347 g/mol. The molecule has 94 valence electrons. The predicted molar refractivity (Wildman–Crippen MR) is 83.9 cm³/mol. The molecule has 6 heteroatoms. The summed E-state index contributed by atoms with van der Waals surface area (Å²) in [6, 6.07) is 5.83. The number of halogens is 1. The van der Waals surface area contributed by atoms with Crippen molar-refractivity contribution >= 4 is 41.7 Å². The van der Waals surface area contributed by atoms with Crippen LogP contribution < -0.4 is 5.73 Å². The van der Waals surface area contributed by atoms with E-state index in [2.05, 4.69) is 14.9 Å². The van der Waals surface area contributed by atoms with E-state index in [-0.39, 0.29) is 24.0 Å². The summed E-state index contributed by atoms with van der Waals surface area (Å²) in [7, 11) is 0. The molecule has 0 bridgehead atoms. The molecule has 0 aromatic carbocycles. The van der Waals surface area contributed by atoms with E-state index in [0.717, 1.165) is 30.3 Å². The van der Waals surface area contributed by atoms with Gasteiger partial charge in [0.2, 0.25) is 0 Å². The van der Waals surface area contributed by atoms with Gasteiger partial charge in [0.25, 0.3) is 0 Å². The monoisotopic (exact) mass is 364 g/mol. The highest BCUT2D eigenvalue weighted by Gasteiger charge is 2.11. The van der Waals surface area contributed by atoms with E-state index in [4.69, 9.17) is 5.73 Å². The lowest BCUT2D eigenvalue weighted by Crippen LogP contribution is -2.42. The molecule has 0 amide bonds. The quantitative estimate of drug-likeness (QED) is 0.492. The second-order valence-electron chi connectivity index (χ2n) is 3.59. The number of thioether (sulfide) groups is 1. The topological polar surface area (TPSA) is 54.5 Å². The Bertz CT molecular complexity index is 352. The van der Waals surface area contributed by atoms with Crippen LogP contribution in [-0.2, 0) is 6.54 Å². The van der Waals surface area contributed by atoms with Gasteiger partial charge in [0.1, 0.15) is 0 Å². The maximum Gasteiger partial charge on any atom is 0.191 e. The highest BCUT2D eigenvalue weighted by Crippen LogP contribution is 2.08. The standard InChI is InChI=1S/C11H16N4S.HI/c12-11(15-5-7-16-8-6-15)14-9-10-3-1-2-4-13-10;/h1-4H,5-9H2,(H2,12,14);1H. The molecule has 2 heterocycles. The van der Waals surface area contributed by atoms with Crippen LogP contribution in [0.3, 0.4) is 0 Å². The van der Waals surface area contributed by atoms with Crippen molar-refractivity contribution in [2.24, 2.45) is 10.7 Å². The predicted octanol–water partition coefficient (Wildman–Crippen LogP) is 1.56. The minimum atomic E-state index is 0. The van der Waals surface area contributed by atoms with Crippen molar-refractivity contribution in [3.63, 3.8) is 0 Å². The number of aliphatic imine (C=N–C) groups is 1. The summed E-state index contributed by atoms with van der Waals surface area (Å²) in [4.78, 5) is 10.7. The molecule has 0 saturated carbocycles. The number of aromatic nitrogens is 1. The van der Waals surface area contributed by atoms with Gasteiger partial charge in [0, 0.05) is 30.8 Å². The van der Waals surface area contributed by atoms with Gasteiger partial charge in [0.15, 0.2) is 5.96 Å². The van der Waals surface area contributed by atoms with Gasteiger partial charge in [-0.3, -0.25) is 4.98 Å². The van der Waals surface area contributed by atoms with Crippen molar-refractivity contribution in [3.8, 4) is 0 Å². The van der Waals surface area contributed by atoms with Crippen LogP contribution in [0.15, 0.2) is 29.4 Å². The maximum absolute atomic E-state index is 5.94. The fourth-order valence-electron chi connectivity index (χ4n) is 1.55. The zero-order valence-corrected chi connectivity index (χ0v) is 12.7. The Balaban J connectivity index is 0.00000144. The van der Waals surface area contributed by atoms with Crippen LogP contribution in [-0.4, -0.2) is 40.4 Å². The SMILES string of the molecule is I.NC(=NCc1ccccn1)N1CCSCC1. The van der Waals surface area contributed by atoms with Gasteiger partial charge in [-0.05, 0) is 12.1 Å². The molecule has 1 saturated heterocycles. The minimum absolute atomic E-state index is 0. The van der Waals surface area contributed by atoms with E-state index in [0.29, 0.717) is 12.5 Å². The molecule has 0 spiro atoms. The largest absolute Gasteiger partial charge is 0.370 e. The first-order valence-electron chi connectivity index (χ1n) is 5.39. The fourth-order valence-corrected chi connectivity index (χ4v) is 2.45. The number of nitrogens with zero attached hydrogens (tertiary/aromatic N) is 3. The number of rotatable bonds is 2. The summed E-state index contributed by atoms with van der Waals surface area (Å²) in [5.41, 5.74) is 6.89. The van der Waals surface area contributed by atoms with Crippen molar-refractivity contribution in [3.05, 3.63) is 30.1 Å². The zero-order chi connectivity index (χ0) is 11.2. The van der Waals surface area contributed by atoms with E-state index in [1.165, 1.54) is 0 Å². The Morgan fingerprint density at radius 1 is 1.41 bits per heavy atom. The smallest absolute Gasteiger partial charge is 0.191 e. The third-order valence-corrected chi connectivity index (χ3v) is 3.41. The van der Waals surface area contributed by atoms with E-state index in [1.54, 1.807) is 6.20 Å². The Kier molecular flexibility index (Phi) is 6.64. The second-order valence-corrected chi connectivity index (χ2v) is 4.82. The van der Waals surface area contributed by atoms with E-state index >= 15 is 0 Å². The van der Waals surface area contributed by atoms with Crippen LogP contribution in [0.2, 0.25) is 0 Å². The van der Waals surface area contributed by atoms with Crippen LogP contribution in [0, 0.1) is 0 Å². The van der Waals surface area contributed by atoms with E-state index < -0.39 is 0 Å². The van der Waals surface area contributed by atoms with Gasteiger partial charge in [-0.25, -0.2) is 4.99 Å². The minimum Gasteiger partial charge on any atom is -0.370 e. The number of hydrogen-bond donors (Lipinski definition) is 1. The van der Waals surface area contributed by atoms with Crippen molar-refractivity contribution in [1.29, 1.82) is 0 Å². The molecule has 1 aromatic heterocycles. The third-order valence-electron chi connectivity index (χ3n) is 2.46. The average Bonchev–Trinajstić information content (AvgIpc) is 2.38. The molecule has 4 nitrogen and oxygen atoms in total. The lowest BCUT2D eigenvalue weighted by Gasteiger charge is -2.27. The van der Waals surface area contributed by atoms with Gasteiger partial charge in [-0.2, -0.15) is 11.8 Å². The summed E-state index contributed by atoms with van der Waals surface area (Å²) in [5, 5.41) is 0. The molecular formula is C11H17IN4S. The lowest BCUT2D eigenvalue weighted by atomic mass is 10.3. The van der Waals surface area contributed by atoms with Gasteiger partial charge >= 0.3 is 0 Å². The molecule has 0 aliphatic carbocycles. The third kappa shape index (κ3) is 4.71. The summed E-state index contributed by atoms with van der Waals surface area (Å²) in [6.45, 7) is 2.57. The van der Waals surface area contributed by atoms with Crippen molar-refractivity contribution in [1.82, 2.24) is 9.88 Å². The van der Waals surface area contributed by atoms with Gasteiger partial charge in [-0.15, -0.1) is 24.0 Å². The van der Waals surface area contributed by atoms with E-state index in [1.807, 2.05) is 30.0 Å². The fraction of sp³-hybridized carbons (Fsp3) is 0.455. The maximum atomic E-state index is 5.94. The number of nitrogens with two attached hydrogens (primary N) is 1. The van der Waals surface area contributed by atoms with Crippen molar-refractivity contribution in [2.45, 2.75) is 6.54 Å². The normalized spacial score (nSPS) is 16.5. The Morgan fingerprint density at radius 2 is 2.18 bits per heavy atom. The lowest BCUT2D eigenvalue weighted by molar-refractivity contribution is 0.455. The van der Waals surface area contributed by atoms with Gasteiger partial charge in [0.05, 0.1) is 12.2 Å². The average molecular weight is 364 g/mol.